The highest BCUT2D eigenvalue weighted by Gasteiger charge is 2.34. The largest absolute Gasteiger partial charge is 0.506 e. The van der Waals surface area contributed by atoms with Gasteiger partial charge in [-0.2, -0.15) is 0 Å². The molecule has 0 aromatic heterocycles. The number of nitrogens with zero attached hydrogens (tertiary/aromatic N) is 2. The van der Waals surface area contributed by atoms with Gasteiger partial charge in [-0.05, 0) is 65.8 Å². The Kier molecular flexibility index (Phi) is 20.9. The van der Waals surface area contributed by atoms with Crippen LogP contribution in [0.15, 0.2) is 54.6 Å². The second-order valence-electron chi connectivity index (χ2n) is 13.6. The molecular formula is C37H50BCl3N3O14. The average Bonchev–Trinajstić information content (AvgIpc) is 3.79. The molecule has 3 fully saturated rings. The molecule has 3 aromatic carbocycles. The smallest absolute Gasteiger partial charge is 0.273 e. The number of nitrogen functional groups attached to an aromatic ring is 1. The van der Waals surface area contributed by atoms with Gasteiger partial charge in [0.2, 0.25) is 0 Å². The number of aromatic hydroxyl groups is 1. The molecule has 3 saturated heterocycles. The SMILES string of the molecule is C.CC1(C)OCC(CO)O1.CC1(C)OCC(COc2cc(N)ccc2Cl)O1.CC1(C)OCC(COc2cc([N+](=O)[O-])ccc2Cl)O1.O=[N+]([O-])c1ccc(Cl)c(O)c1.[B]. The maximum absolute atomic E-state index is 10.7. The molecule has 3 aliphatic heterocycles. The van der Waals surface area contributed by atoms with Gasteiger partial charge in [0.05, 0.1) is 63.5 Å². The number of phenolic OH excluding ortho intramolecular Hbond substituents is 1. The molecule has 3 heterocycles. The zero-order valence-electron chi connectivity index (χ0n) is 32.1. The number of hydrogen-bond donors (Lipinski definition) is 3. The van der Waals surface area contributed by atoms with Gasteiger partial charge in [0, 0.05) is 32.3 Å². The Morgan fingerprint density at radius 1 is 0.690 bits per heavy atom. The van der Waals surface area contributed by atoms with Crippen molar-refractivity contribution in [1.29, 1.82) is 0 Å². The van der Waals surface area contributed by atoms with Gasteiger partial charge in [-0.1, -0.05) is 42.2 Å². The zero-order valence-corrected chi connectivity index (χ0v) is 34.4. The lowest BCUT2D eigenvalue weighted by Gasteiger charge is -2.17. The van der Waals surface area contributed by atoms with Crippen LogP contribution in [0.1, 0.15) is 49.0 Å². The van der Waals surface area contributed by atoms with Crippen molar-refractivity contribution in [2.45, 2.75) is 84.6 Å². The molecule has 3 aromatic rings. The van der Waals surface area contributed by atoms with Crippen LogP contribution in [0.25, 0.3) is 0 Å². The summed E-state index contributed by atoms with van der Waals surface area (Å²) in [6.07, 6.45) is -0.423. The molecule has 321 valence electrons. The minimum Gasteiger partial charge on any atom is -0.506 e. The number of nitro benzene ring substituents is 2. The lowest BCUT2D eigenvalue weighted by molar-refractivity contribution is -0.385. The summed E-state index contributed by atoms with van der Waals surface area (Å²) >= 11 is 17.3. The standard InChI is InChI=1S/C12H14ClNO5.C12H16ClNO3.C6H4ClNO3.C6H12O3.CH4.B/c1-12(2)18-7-9(19-12)6-17-11-5-8(14(15)16)3-4-10(11)13;1-12(2)16-7-9(17-12)6-15-11-5-8(14)3-4-10(11)13;7-5-2-1-4(8(10)11)3-6(5)9;1-6(2)8-4-5(3-7)9-6;;/h3-5,9H,6-7H2,1-2H3;3-5,9H,6-7,14H2,1-2H3;1-3,9H;5,7H,3-4H2,1-2H3;1H4;. The number of aliphatic hydroxyl groups is 1. The fraction of sp³-hybridized carbons (Fsp3) is 0.514. The number of rotatable bonds is 9. The molecule has 21 heteroatoms. The third-order valence-corrected chi connectivity index (χ3v) is 8.42. The van der Waals surface area contributed by atoms with E-state index in [-0.39, 0.29) is 75.3 Å². The number of nitro groups is 2. The van der Waals surface area contributed by atoms with Crippen molar-refractivity contribution in [3.63, 3.8) is 0 Å². The molecule has 3 atom stereocenters. The molecule has 3 aliphatic rings. The first kappa shape index (κ1) is 52.3. The fourth-order valence-electron chi connectivity index (χ4n) is 4.87. The van der Waals surface area contributed by atoms with Crippen molar-refractivity contribution in [1.82, 2.24) is 0 Å². The van der Waals surface area contributed by atoms with E-state index in [1.807, 2.05) is 41.5 Å². The summed E-state index contributed by atoms with van der Waals surface area (Å²) in [5.74, 6) is -1.09. The third-order valence-electron chi connectivity index (χ3n) is 7.48. The maximum Gasteiger partial charge on any atom is 0.273 e. The zero-order chi connectivity index (χ0) is 41.8. The summed E-state index contributed by atoms with van der Waals surface area (Å²) in [7, 11) is 0. The van der Waals surface area contributed by atoms with Crippen LogP contribution in [0.4, 0.5) is 17.1 Å². The quantitative estimate of drug-likeness (QED) is 0.0815. The molecule has 0 aliphatic carbocycles. The molecule has 0 spiro atoms. The molecule has 3 unspecified atom stereocenters. The minimum atomic E-state index is -0.624. The highest BCUT2D eigenvalue weighted by atomic mass is 35.5. The number of non-ortho nitro benzene ring substituents is 2. The van der Waals surface area contributed by atoms with Crippen molar-refractivity contribution >= 4 is 60.3 Å². The van der Waals surface area contributed by atoms with Crippen LogP contribution in [-0.2, 0) is 28.4 Å². The number of phenols is 1. The Balaban J connectivity index is 0.000000397. The first-order chi connectivity index (χ1) is 26.1. The molecular weight excluding hydrogens is 828 g/mol. The summed E-state index contributed by atoms with van der Waals surface area (Å²) in [4.78, 5) is 19.7. The van der Waals surface area contributed by atoms with Crippen molar-refractivity contribution in [3.8, 4) is 17.2 Å². The van der Waals surface area contributed by atoms with Crippen LogP contribution in [0.5, 0.6) is 17.2 Å². The van der Waals surface area contributed by atoms with E-state index in [1.165, 1.54) is 30.3 Å². The highest BCUT2D eigenvalue weighted by Crippen LogP contribution is 2.31. The van der Waals surface area contributed by atoms with Gasteiger partial charge in [-0.25, -0.2) is 0 Å². The van der Waals surface area contributed by atoms with Gasteiger partial charge >= 0.3 is 0 Å². The maximum atomic E-state index is 10.7. The van der Waals surface area contributed by atoms with Crippen molar-refractivity contribution < 1.29 is 58.0 Å². The van der Waals surface area contributed by atoms with E-state index < -0.39 is 27.2 Å². The predicted molar refractivity (Wildman–Crippen MR) is 219 cm³/mol. The van der Waals surface area contributed by atoms with Crippen molar-refractivity contribution in [2.75, 3.05) is 45.4 Å². The van der Waals surface area contributed by atoms with Gasteiger partial charge < -0.3 is 53.8 Å². The fourth-order valence-corrected chi connectivity index (χ4v) is 5.33. The number of ether oxygens (including phenoxy) is 8. The number of nitrogens with two attached hydrogens (primary N) is 1. The number of aliphatic hydroxyl groups excluding tert-OH is 1. The number of benzene rings is 3. The lowest BCUT2D eigenvalue weighted by atomic mass is 10.3. The first-order valence-corrected chi connectivity index (χ1v) is 18.2. The van der Waals surface area contributed by atoms with Crippen molar-refractivity contribution in [3.05, 3.63) is 89.9 Å². The Hall–Kier alpha value is -3.69. The van der Waals surface area contributed by atoms with Crippen LogP contribution < -0.4 is 15.2 Å². The summed E-state index contributed by atoms with van der Waals surface area (Å²) < 4.78 is 43.4. The molecule has 6 rings (SSSR count). The molecule has 4 N–H and O–H groups in total. The lowest BCUT2D eigenvalue weighted by Crippen LogP contribution is -2.25. The summed E-state index contributed by atoms with van der Waals surface area (Å²) in [5, 5.41) is 39.3. The van der Waals surface area contributed by atoms with Crippen LogP contribution in [0.3, 0.4) is 0 Å². The van der Waals surface area contributed by atoms with E-state index in [9.17, 15) is 20.2 Å². The van der Waals surface area contributed by atoms with E-state index in [0.717, 1.165) is 6.07 Å². The molecule has 3 radical (unpaired) electrons. The molecule has 0 bridgehead atoms. The second kappa shape index (κ2) is 23.2. The van der Waals surface area contributed by atoms with Crippen LogP contribution >= 0.6 is 34.8 Å². The monoisotopic (exact) mass is 876 g/mol. The molecule has 58 heavy (non-hydrogen) atoms. The van der Waals surface area contributed by atoms with Crippen LogP contribution in [0, 0.1) is 20.2 Å². The normalized spacial score (nSPS) is 20.6. The molecule has 0 saturated carbocycles. The minimum absolute atomic E-state index is 0. The van der Waals surface area contributed by atoms with Crippen molar-refractivity contribution in [2.24, 2.45) is 0 Å². The highest BCUT2D eigenvalue weighted by molar-refractivity contribution is 6.32. The summed E-state index contributed by atoms with van der Waals surface area (Å²) in [6, 6.07) is 12.7. The van der Waals surface area contributed by atoms with E-state index in [1.54, 1.807) is 18.2 Å². The predicted octanol–water partition coefficient (Wildman–Crippen LogP) is 7.57. The second-order valence-corrected chi connectivity index (χ2v) is 14.8. The third kappa shape index (κ3) is 17.7. The summed E-state index contributed by atoms with van der Waals surface area (Å²) in [6.45, 7) is 13.2. The van der Waals surface area contributed by atoms with Gasteiger partial charge in [-0.15, -0.1) is 0 Å². The van der Waals surface area contributed by atoms with Crippen LogP contribution in [-0.4, -0.2) is 104 Å². The summed E-state index contributed by atoms with van der Waals surface area (Å²) in [5.41, 5.74) is 6.04. The van der Waals surface area contributed by atoms with E-state index >= 15 is 0 Å². The van der Waals surface area contributed by atoms with E-state index in [0.29, 0.717) is 47.9 Å². The van der Waals surface area contributed by atoms with Gasteiger partial charge in [0.1, 0.15) is 48.8 Å². The van der Waals surface area contributed by atoms with Crippen LogP contribution in [0.2, 0.25) is 15.1 Å². The first-order valence-electron chi connectivity index (χ1n) is 17.0. The van der Waals surface area contributed by atoms with Gasteiger partial charge in [-0.3, -0.25) is 20.2 Å². The molecule has 0 amide bonds. The van der Waals surface area contributed by atoms with E-state index in [4.69, 9.17) is 88.6 Å². The topological polar surface area (TPSA) is 227 Å². The number of anilines is 1. The van der Waals surface area contributed by atoms with Gasteiger partial charge in [0.15, 0.2) is 17.4 Å². The number of hydrogen-bond acceptors (Lipinski definition) is 15. The number of halogens is 3. The molecule has 17 nitrogen and oxygen atoms in total. The Labute approximate surface area is 354 Å². The van der Waals surface area contributed by atoms with E-state index in [2.05, 4.69) is 0 Å². The van der Waals surface area contributed by atoms with Gasteiger partial charge in [0.25, 0.3) is 11.4 Å². The average molecular weight is 878 g/mol. The Morgan fingerprint density at radius 2 is 1.07 bits per heavy atom. The Bertz CT molecular complexity index is 1790. The Morgan fingerprint density at radius 3 is 1.43 bits per heavy atom.